The van der Waals surface area contributed by atoms with Crippen molar-refractivity contribution in [2.24, 2.45) is 0 Å². The summed E-state index contributed by atoms with van der Waals surface area (Å²) in [6.45, 7) is 8.04. The van der Waals surface area contributed by atoms with Crippen LogP contribution < -0.4 is 0 Å². The van der Waals surface area contributed by atoms with Crippen LogP contribution in [0.15, 0.2) is 23.5 Å². The van der Waals surface area contributed by atoms with E-state index in [0.29, 0.717) is 6.42 Å². The fourth-order valence-electron chi connectivity index (χ4n) is 1.19. The van der Waals surface area contributed by atoms with E-state index in [2.05, 4.69) is 19.9 Å². The van der Waals surface area contributed by atoms with Crippen LogP contribution >= 0.6 is 0 Å². The van der Waals surface area contributed by atoms with Gasteiger partial charge in [0, 0.05) is 6.42 Å². The molecule has 0 saturated heterocycles. The molecular formula is C13H22O2. The van der Waals surface area contributed by atoms with Crippen LogP contribution in [-0.4, -0.2) is 5.97 Å². The van der Waals surface area contributed by atoms with Crippen LogP contribution in [0.5, 0.6) is 0 Å². The van der Waals surface area contributed by atoms with Crippen molar-refractivity contribution in [1.29, 1.82) is 0 Å². The molecule has 0 aliphatic rings. The standard InChI is InChI=1S/C13H22O2/c1-5-7-8-11(3)9-12(4)10-15-13(14)6-2/h8,10H,5-7,9H2,1-4H3/b11-8+,12-10+. The van der Waals surface area contributed by atoms with Crippen molar-refractivity contribution >= 4 is 5.97 Å². The molecule has 0 rings (SSSR count). The van der Waals surface area contributed by atoms with Gasteiger partial charge in [-0.15, -0.1) is 0 Å². The predicted molar refractivity (Wildman–Crippen MR) is 63.4 cm³/mol. The Hall–Kier alpha value is -1.05. The molecule has 0 aromatic carbocycles. The van der Waals surface area contributed by atoms with E-state index in [1.807, 2.05) is 6.92 Å². The third kappa shape index (κ3) is 7.98. The lowest BCUT2D eigenvalue weighted by Gasteiger charge is -2.02. The van der Waals surface area contributed by atoms with E-state index < -0.39 is 0 Å². The van der Waals surface area contributed by atoms with E-state index in [4.69, 9.17) is 4.74 Å². The topological polar surface area (TPSA) is 26.3 Å². The molecule has 0 spiro atoms. The van der Waals surface area contributed by atoms with E-state index in [1.54, 1.807) is 13.2 Å². The summed E-state index contributed by atoms with van der Waals surface area (Å²) in [5.41, 5.74) is 2.42. The molecule has 0 amide bonds. The minimum Gasteiger partial charge on any atom is -0.435 e. The average Bonchev–Trinajstić information content (AvgIpc) is 2.22. The third-order valence-electron chi connectivity index (χ3n) is 2.02. The van der Waals surface area contributed by atoms with Crippen molar-refractivity contribution in [2.75, 3.05) is 0 Å². The highest BCUT2D eigenvalue weighted by Gasteiger charge is 1.97. The Balaban J connectivity index is 4.00. The summed E-state index contributed by atoms with van der Waals surface area (Å²) in [6, 6.07) is 0. The Morgan fingerprint density at radius 3 is 2.40 bits per heavy atom. The number of unbranched alkanes of at least 4 members (excludes halogenated alkanes) is 1. The van der Waals surface area contributed by atoms with Gasteiger partial charge in [-0.1, -0.05) is 31.9 Å². The Morgan fingerprint density at radius 1 is 1.20 bits per heavy atom. The van der Waals surface area contributed by atoms with Crippen molar-refractivity contribution in [2.45, 2.75) is 53.4 Å². The van der Waals surface area contributed by atoms with Crippen LogP contribution in [0.3, 0.4) is 0 Å². The van der Waals surface area contributed by atoms with Crippen molar-refractivity contribution in [3.63, 3.8) is 0 Å². The maximum atomic E-state index is 10.9. The Labute approximate surface area is 93.0 Å². The smallest absolute Gasteiger partial charge is 0.310 e. The highest BCUT2D eigenvalue weighted by Crippen LogP contribution is 2.11. The van der Waals surface area contributed by atoms with Crippen molar-refractivity contribution in [3.05, 3.63) is 23.5 Å². The summed E-state index contributed by atoms with van der Waals surface area (Å²) >= 11 is 0. The summed E-state index contributed by atoms with van der Waals surface area (Å²) in [7, 11) is 0. The molecule has 0 fully saturated rings. The summed E-state index contributed by atoms with van der Waals surface area (Å²) in [5, 5.41) is 0. The van der Waals surface area contributed by atoms with Gasteiger partial charge in [-0.3, -0.25) is 4.79 Å². The van der Waals surface area contributed by atoms with Gasteiger partial charge in [-0.05, 0) is 32.3 Å². The molecule has 0 saturated carbocycles. The number of carbonyl (C=O) groups is 1. The number of ether oxygens (including phenoxy) is 1. The maximum Gasteiger partial charge on any atom is 0.310 e. The number of hydrogen-bond acceptors (Lipinski definition) is 2. The second-order valence-corrected chi connectivity index (χ2v) is 3.82. The highest BCUT2D eigenvalue weighted by molar-refractivity contribution is 5.69. The van der Waals surface area contributed by atoms with Crippen molar-refractivity contribution < 1.29 is 9.53 Å². The molecule has 0 radical (unpaired) electrons. The van der Waals surface area contributed by atoms with Gasteiger partial charge in [0.05, 0.1) is 6.26 Å². The monoisotopic (exact) mass is 210 g/mol. The van der Waals surface area contributed by atoms with Gasteiger partial charge in [0.25, 0.3) is 0 Å². The molecule has 86 valence electrons. The number of carbonyl (C=O) groups excluding carboxylic acids is 1. The summed E-state index contributed by atoms with van der Waals surface area (Å²) < 4.78 is 4.93. The van der Waals surface area contributed by atoms with Gasteiger partial charge in [0.2, 0.25) is 0 Å². The highest BCUT2D eigenvalue weighted by atomic mass is 16.5. The Bertz CT molecular complexity index is 249. The Kier molecular flexibility index (Phi) is 7.69. The number of hydrogen-bond donors (Lipinski definition) is 0. The quantitative estimate of drug-likeness (QED) is 0.376. The first-order valence-corrected chi connectivity index (χ1v) is 5.60. The van der Waals surface area contributed by atoms with E-state index in [1.165, 1.54) is 12.0 Å². The van der Waals surface area contributed by atoms with Crippen LogP contribution in [0.2, 0.25) is 0 Å². The van der Waals surface area contributed by atoms with Crippen LogP contribution in [0.4, 0.5) is 0 Å². The molecule has 0 atom stereocenters. The van der Waals surface area contributed by atoms with Gasteiger partial charge in [-0.2, -0.15) is 0 Å². The summed E-state index contributed by atoms with van der Waals surface area (Å²) in [5.74, 6) is -0.176. The molecule has 0 unspecified atom stereocenters. The molecule has 0 aromatic rings. The van der Waals surface area contributed by atoms with Gasteiger partial charge in [0.1, 0.15) is 0 Å². The zero-order valence-corrected chi connectivity index (χ0v) is 10.3. The van der Waals surface area contributed by atoms with Crippen LogP contribution in [-0.2, 0) is 9.53 Å². The minimum atomic E-state index is -0.176. The zero-order chi connectivity index (χ0) is 11.7. The summed E-state index contributed by atoms with van der Waals surface area (Å²) in [6.07, 6.45) is 7.40. The van der Waals surface area contributed by atoms with Crippen molar-refractivity contribution in [1.82, 2.24) is 0 Å². The molecule has 0 bridgehead atoms. The Morgan fingerprint density at radius 2 is 1.87 bits per heavy atom. The van der Waals surface area contributed by atoms with Gasteiger partial charge < -0.3 is 4.74 Å². The lowest BCUT2D eigenvalue weighted by atomic mass is 10.1. The van der Waals surface area contributed by atoms with E-state index in [-0.39, 0.29) is 5.97 Å². The maximum absolute atomic E-state index is 10.9. The van der Waals surface area contributed by atoms with Gasteiger partial charge in [-0.25, -0.2) is 0 Å². The third-order valence-corrected chi connectivity index (χ3v) is 2.02. The average molecular weight is 210 g/mol. The van der Waals surface area contributed by atoms with E-state index in [0.717, 1.165) is 18.4 Å². The number of rotatable bonds is 6. The normalized spacial score (nSPS) is 12.8. The molecule has 0 heterocycles. The first-order valence-electron chi connectivity index (χ1n) is 5.60. The van der Waals surface area contributed by atoms with Gasteiger partial charge in [0.15, 0.2) is 0 Å². The lowest BCUT2D eigenvalue weighted by Crippen LogP contribution is -1.96. The van der Waals surface area contributed by atoms with E-state index in [9.17, 15) is 4.79 Å². The van der Waals surface area contributed by atoms with Crippen LogP contribution in [0.25, 0.3) is 0 Å². The predicted octanol–water partition coefficient (Wildman–Crippen LogP) is 3.98. The first-order chi connectivity index (χ1) is 7.10. The summed E-state index contributed by atoms with van der Waals surface area (Å²) in [4.78, 5) is 10.9. The second kappa shape index (κ2) is 8.27. The minimum absolute atomic E-state index is 0.176. The molecule has 2 heteroatoms. The molecule has 0 N–H and O–H groups in total. The molecule has 0 aliphatic carbocycles. The van der Waals surface area contributed by atoms with Gasteiger partial charge >= 0.3 is 5.97 Å². The first kappa shape index (κ1) is 13.9. The lowest BCUT2D eigenvalue weighted by molar-refractivity contribution is -0.137. The molecule has 0 aliphatic heterocycles. The van der Waals surface area contributed by atoms with Crippen LogP contribution in [0.1, 0.15) is 53.4 Å². The number of esters is 1. The molecule has 0 aromatic heterocycles. The molecular weight excluding hydrogens is 188 g/mol. The fraction of sp³-hybridized carbons (Fsp3) is 0.615. The number of allylic oxidation sites excluding steroid dienone is 3. The van der Waals surface area contributed by atoms with Crippen LogP contribution in [0, 0.1) is 0 Å². The second-order valence-electron chi connectivity index (χ2n) is 3.82. The SMILES string of the molecule is CCC/C=C(\C)C/C(C)=C/OC(=O)CC. The largest absolute Gasteiger partial charge is 0.435 e. The zero-order valence-electron chi connectivity index (χ0n) is 10.3. The van der Waals surface area contributed by atoms with E-state index >= 15 is 0 Å². The van der Waals surface area contributed by atoms with Crippen molar-refractivity contribution in [3.8, 4) is 0 Å². The molecule has 15 heavy (non-hydrogen) atoms. The fourth-order valence-corrected chi connectivity index (χ4v) is 1.19. The molecule has 2 nitrogen and oxygen atoms in total.